The molecular weight excluding hydrogens is 452 g/mol. The Morgan fingerprint density at radius 3 is 2.91 bits per heavy atom. The number of ether oxygens (including phenoxy) is 1. The van der Waals surface area contributed by atoms with Gasteiger partial charge in [-0.25, -0.2) is 0 Å². The van der Waals surface area contributed by atoms with Gasteiger partial charge in [0.2, 0.25) is 0 Å². The first-order chi connectivity index (χ1) is 16.5. The second-order valence-corrected chi connectivity index (χ2v) is 8.80. The minimum atomic E-state index is 0.212. The molecule has 1 fully saturated rings. The van der Waals surface area contributed by atoms with Crippen LogP contribution >= 0.6 is 11.6 Å². The lowest BCUT2D eigenvalue weighted by atomic mass is 10.2. The number of hydrogen-bond acceptors (Lipinski definition) is 7. The third-order valence-electron chi connectivity index (χ3n) is 5.62. The molecule has 10 heteroatoms. The van der Waals surface area contributed by atoms with E-state index in [1.165, 1.54) is 0 Å². The Morgan fingerprint density at radius 1 is 1.21 bits per heavy atom. The summed E-state index contributed by atoms with van der Waals surface area (Å²) in [6.45, 7) is 8.66. The van der Waals surface area contributed by atoms with Crippen molar-refractivity contribution in [2.45, 2.75) is 26.8 Å². The summed E-state index contributed by atoms with van der Waals surface area (Å²) in [5, 5.41) is 15.4. The maximum absolute atomic E-state index is 6.66. The van der Waals surface area contributed by atoms with Crippen LogP contribution in [0.1, 0.15) is 25.2 Å². The summed E-state index contributed by atoms with van der Waals surface area (Å²) in [5.41, 5.74) is 2.88. The zero-order valence-electron chi connectivity index (χ0n) is 19.3. The highest BCUT2D eigenvalue weighted by molar-refractivity contribution is 6.37. The Hall–Kier alpha value is -3.56. The summed E-state index contributed by atoms with van der Waals surface area (Å²) in [7, 11) is 0. The number of anilines is 3. The molecule has 0 aliphatic carbocycles. The Bertz CT molecular complexity index is 1340. The van der Waals surface area contributed by atoms with E-state index in [2.05, 4.69) is 42.6 Å². The van der Waals surface area contributed by atoms with Gasteiger partial charge in [0.1, 0.15) is 17.4 Å². The molecule has 0 radical (unpaired) electrons. The summed E-state index contributed by atoms with van der Waals surface area (Å²) in [5.74, 6) is 2.51. The Morgan fingerprint density at radius 2 is 2.09 bits per heavy atom. The lowest BCUT2D eigenvalue weighted by molar-refractivity contribution is 0.439. The highest BCUT2D eigenvalue weighted by Crippen LogP contribution is 2.36. The van der Waals surface area contributed by atoms with Crippen molar-refractivity contribution in [2.75, 3.05) is 29.9 Å². The quantitative estimate of drug-likeness (QED) is 0.308. The van der Waals surface area contributed by atoms with Gasteiger partial charge < -0.3 is 25.3 Å². The SMILES string of the molecule is C/C=C/c1cc(Nc2cc(N3CCNC(C)C3)nc(Oc3ccc4[nH]c(C)cc4c3Cl)n2)n[nH]1. The minimum absolute atomic E-state index is 0.212. The van der Waals surface area contributed by atoms with Crippen molar-refractivity contribution in [1.29, 1.82) is 0 Å². The first-order valence-electron chi connectivity index (χ1n) is 11.3. The zero-order chi connectivity index (χ0) is 23.7. The topological polar surface area (TPSA) is 107 Å². The van der Waals surface area contributed by atoms with E-state index in [1.54, 1.807) is 0 Å². The fourth-order valence-corrected chi connectivity index (χ4v) is 4.34. The van der Waals surface area contributed by atoms with Crippen LogP contribution in [0.2, 0.25) is 5.02 Å². The van der Waals surface area contributed by atoms with Crippen molar-refractivity contribution < 1.29 is 4.74 Å². The predicted octanol–water partition coefficient (Wildman–Crippen LogP) is 5.01. The number of H-pyrrole nitrogens is 2. The maximum atomic E-state index is 6.66. The molecule has 0 spiro atoms. The molecule has 0 amide bonds. The van der Waals surface area contributed by atoms with Crippen LogP contribution in [0.5, 0.6) is 11.8 Å². The van der Waals surface area contributed by atoms with Crippen LogP contribution in [0.15, 0.2) is 36.4 Å². The highest BCUT2D eigenvalue weighted by Gasteiger charge is 2.20. The van der Waals surface area contributed by atoms with Gasteiger partial charge in [0, 0.05) is 54.4 Å². The molecule has 1 atom stereocenters. The van der Waals surface area contributed by atoms with Gasteiger partial charge in [-0.3, -0.25) is 5.10 Å². The average Bonchev–Trinajstić information content (AvgIpc) is 3.42. The summed E-state index contributed by atoms with van der Waals surface area (Å²) in [6, 6.07) is 10.2. The van der Waals surface area contributed by atoms with Crippen molar-refractivity contribution in [3.05, 3.63) is 52.8 Å². The van der Waals surface area contributed by atoms with E-state index in [4.69, 9.17) is 21.3 Å². The molecule has 4 N–H and O–H groups in total. The number of rotatable bonds is 6. The summed E-state index contributed by atoms with van der Waals surface area (Å²) < 4.78 is 6.12. The van der Waals surface area contributed by atoms with Crippen molar-refractivity contribution in [3.8, 4) is 11.8 Å². The molecule has 5 rings (SSSR count). The number of halogens is 1. The molecule has 1 aliphatic heterocycles. The van der Waals surface area contributed by atoms with Gasteiger partial charge in [-0.05, 0) is 45.0 Å². The number of allylic oxidation sites excluding steroid dienone is 1. The molecule has 0 bridgehead atoms. The smallest absolute Gasteiger partial charge is 0.325 e. The van der Waals surface area contributed by atoms with E-state index < -0.39 is 0 Å². The van der Waals surface area contributed by atoms with E-state index in [9.17, 15) is 0 Å². The van der Waals surface area contributed by atoms with Crippen LogP contribution in [0, 0.1) is 6.92 Å². The molecular formula is C24H27ClN8O. The second kappa shape index (κ2) is 9.36. The molecule has 3 aromatic heterocycles. The Balaban J connectivity index is 1.49. The van der Waals surface area contributed by atoms with Crippen molar-refractivity contribution >= 4 is 46.0 Å². The largest absolute Gasteiger partial charge is 0.423 e. The Kier molecular flexibility index (Phi) is 6.12. The molecule has 9 nitrogen and oxygen atoms in total. The molecule has 1 aromatic carbocycles. The van der Waals surface area contributed by atoms with Crippen molar-refractivity contribution in [1.82, 2.24) is 30.5 Å². The van der Waals surface area contributed by atoms with Gasteiger partial charge >= 0.3 is 6.01 Å². The van der Waals surface area contributed by atoms with Gasteiger partial charge in [0.25, 0.3) is 0 Å². The molecule has 34 heavy (non-hydrogen) atoms. The number of aromatic nitrogens is 5. The number of nitrogens with one attached hydrogen (secondary N) is 4. The number of aryl methyl sites for hydroxylation is 1. The van der Waals surface area contributed by atoms with Gasteiger partial charge in [0.05, 0.1) is 10.7 Å². The molecule has 1 unspecified atom stereocenters. The number of fused-ring (bicyclic) bond motifs is 1. The third kappa shape index (κ3) is 4.71. The summed E-state index contributed by atoms with van der Waals surface area (Å²) in [6.07, 6.45) is 3.89. The van der Waals surface area contributed by atoms with Crippen molar-refractivity contribution in [3.63, 3.8) is 0 Å². The predicted molar refractivity (Wildman–Crippen MR) is 136 cm³/mol. The number of benzene rings is 1. The van der Waals surface area contributed by atoms with Crippen LogP contribution in [0.4, 0.5) is 17.5 Å². The van der Waals surface area contributed by atoms with Crippen molar-refractivity contribution in [2.24, 2.45) is 0 Å². The molecule has 1 aliphatic rings. The normalized spacial score (nSPS) is 16.5. The average molecular weight is 479 g/mol. The van der Waals surface area contributed by atoms with Gasteiger partial charge in [-0.2, -0.15) is 15.1 Å². The maximum Gasteiger partial charge on any atom is 0.325 e. The van der Waals surface area contributed by atoms with Crippen LogP contribution < -0.4 is 20.3 Å². The number of piperazine rings is 1. The first-order valence-corrected chi connectivity index (χ1v) is 11.6. The van der Waals surface area contributed by atoms with E-state index in [1.807, 2.05) is 56.3 Å². The minimum Gasteiger partial charge on any atom is -0.423 e. The van der Waals surface area contributed by atoms with E-state index in [0.717, 1.165) is 47.7 Å². The first kappa shape index (κ1) is 22.2. The van der Waals surface area contributed by atoms with Crippen LogP contribution in [-0.2, 0) is 0 Å². The highest BCUT2D eigenvalue weighted by atomic mass is 35.5. The molecule has 4 heterocycles. The van der Waals surface area contributed by atoms with Crippen LogP contribution in [-0.4, -0.2) is 50.8 Å². The Labute approximate surface area is 202 Å². The molecule has 176 valence electrons. The summed E-state index contributed by atoms with van der Waals surface area (Å²) in [4.78, 5) is 14.8. The standard InChI is InChI=1S/C24H27ClN8O/c1-4-5-16-11-21(32-31-16)28-20-12-22(33-9-8-26-15(3)13-33)30-24(29-20)34-19-7-6-18-17(23(19)25)10-14(2)27-18/h4-7,10-12,15,26-27H,8-9,13H2,1-3H3,(H2,28,29,30,31,32)/b5-4+. The lowest BCUT2D eigenvalue weighted by Gasteiger charge is -2.32. The fourth-order valence-electron chi connectivity index (χ4n) is 4.09. The fraction of sp³-hybridized carbons (Fsp3) is 0.292. The molecule has 0 saturated carbocycles. The van der Waals surface area contributed by atoms with E-state index >= 15 is 0 Å². The number of aromatic amines is 2. The molecule has 1 saturated heterocycles. The monoisotopic (exact) mass is 478 g/mol. The van der Waals surface area contributed by atoms with E-state index in [-0.39, 0.29) is 6.01 Å². The number of nitrogens with zero attached hydrogens (tertiary/aromatic N) is 4. The summed E-state index contributed by atoms with van der Waals surface area (Å²) >= 11 is 6.66. The van der Waals surface area contributed by atoms with Gasteiger partial charge in [0.15, 0.2) is 5.82 Å². The third-order valence-corrected chi connectivity index (χ3v) is 6.01. The van der Waals surface area contributed by atoms with Gasteiger partial charge in [-0.1, -0.05) is 17.7 Å². The lowest BCUT2D eigenvalue weighted by Crippen LogP contribution is -2.49. The molecule has 4 aromatic rings. The number of hydrogen-bond donors (Lipinski definition) is 4. The second-order valence-electron chi connectivity index (χ2n) is 8.42. The van der Waals surface area contributed by atoms with Crippen LogP contribution in [0.25, 0.3) is 17.0 Å². The van der Waals surface area contributed by atoms with Gasteiger partial charge in [-0.15, -0.1) is 0 Å². The van der Waals surface area contributed by atoms with Crippen LogP contribution in [0.3, 0.4) is 0 Å². The zero-order valence-corrected chi connectivity index (χ0v) is 20.1. The van der Waals surface area contributed by atoms with E-state index in [0.29, 0.717) is 28.4 Å².